The van der Waals surface area contributed by atoms with E-state index in [-0.39, 0.29) is 12.0 Å². The van der Waals surface area contributed by atoms with Crippen LogP contribution in [0.2, 0.25) is 0 Å². The SMILES string of the molecule is COC(OC)[C@@H](C[N+](=O)[O-])[C@H](C=O)Cc1cccc(C(F)(F)F)c1. The standard InChI is InChI=1S/C15H18F3NO5/c1-23-14(24-2)13(8-19(21)22)11(9-20)6-10-4-3-5-12(7-10)15(16,17)18/h3-5,7,9,11,13-14H,6,8H2,1-2H3/t11-,13-/m0/s1. The molecule has 0 N–H and O–H groups in total. The van der Waals surface area contributed by atoms with Gasteiger partial charge in [-0.2, -0.15) is 13.2 Å². The van der Waals surface area contributed by atoms with Crippen LogP contribution in [-0.2, 0) is 26.9 Å². The molecule has 9 heteroatoms. The van der Waals surface area contributed by atoms with Crippen molar-refractivity contribution >= 4 is 6.29 Å². The van der Waals surface area contributed by atoms with Crippen LogP contribution < -0.4 is 0 Å². The fourth-order valence-corrected chi connectivity index (χ4v) is 2.49. The summed E-state index contributed by atoms with van der Waals surface area (Å²) in [5.41, 5.74) is -0.591. The molecular formula is C15H18F3NO5. The summed E-state index contributed by atoms with van der Waals surface area (Å²) in [5, 5.41) is 10.8. The summed E-state index contributed by atoms with van der Waals surface area (Å²) < 4.78 is 48.3. The monoisotopic (exact) mass is 349 g/mol. The first-order valence-corrected chi connectivity index (χ1v) is 7.01. The fourth-order valence-electron chi connectivity index (χ4n) is 2.49. The normalized spacial score (nSPS) is 14.4. The number of alkyl halides is 3. The van der Waals surface area contributed by atoms with Crippen LogP contribution in [0.5, 0.6) is 0 Å². The molecule has 1 rings (SSSR count). The minimum absolute atomic E-state index is 0.0881. The summed E-state index contributed by atoms with van der Waals surface area (Å²) in [7, 11) is 2.54. The highest BCUT2D eigenvalue weighted by Crippen LogP contribution is 2.30. The van der Waals surface area contributed by atoms with Gasteiger partial charge in [0.15, 0.2) is 6.29 Å². The van der Waals surface area contributed by atoms with Crippen molar-refractivity contribution in [3.05, 3.63) is 45.5 Å². The first-order chi connectivity index (χ1) is 11.2. The smallest absolute Gasteiger partial charge is 0.355 e. The summed E-state index contributed by atoms with van der Waals surface area (Å²) in [5.74, 6) is -1.86. The molecule has 6 nitrogen and oxygen atoms in total. The van der Waals surface area contributed by atoms with E-state index in [1.54, 1.807) is 0 Å². The molecule has 0 fully saturated rings. The molecule has 2 atom stereocenters. The van der Waals surface area contributed by atoms with Gasteiger partial charge in [0.05, 0.1) is 11.5 Å². The van der Waals surface area contributed by atoms with Crippen molar-refractivity contribution in [1.29, 1.82) is 0 Å². The minimum Gasteiger partial charge on any atom is -0.355 e. The lowest BCUT2D eigenvalue weighted by Crippen LogP contribution is -2.38. The number of ether oxygens (including phenoxy) is 2. The van der Waals surface area contributed by atoms with Crippen molar-refractivity contribution in [3.63, 3.8) is 0 Å². The van der Waals surface area contributed by atoms with E-state index in [4.69, 9.17) is 9.47 Å². The molecule has 1 aromatic carbocycles. The van der Waals surface area contributed by atoms with Gasteiger partial charge in [0.2, 0.25) is 6.54 Å². The van der Waals surface area contributed by atoms with Crippen molar-refractivity contribution in [3.8, 4) is 0 Å². The molecule has 0 unspecified atom stereocenters. The van der Waals surface area contributed by atoms with Gasteiger partial charge in [-0.25, -0.2) is 0 Å². The van der Waals surface area contributed by atoms with Gasteiger partial charge in [-0.3, -0.25) is 10.1 Å². The number of carbonyl (C=O) groups is 1. The number of rotatable bonds is 9. The van der Waals surface area contributed by atoms with E-state index in [1.165, 1.54) is 26.4 Å². The number of carbonyl (C=O) groups excluding carboxylic acids is 1. The maximum atomic E-state index is 12.8. The number of halogens is 3. The molecule has 0 aliphatic heterocycles. The second-order valence-electron chi connectivity index (χ2n) is 5.22. The van der Waals surface area contributed by atoms with Crippen LogP contribution in [0.4, 0.5) is 13.2 Å². The minimum atomic E-state index is -4.51. The summed E-state index contributed by atoms with van der Waals surface area (Å²) in [6.07, 6.45) is -5.13. The Kier molecular flexibility index (Phi) is 7.30. The summed E-state index contributed by atoms with van der Waals surface area (Å²) >= 11 is 0. The Labute approximate surface area is 136 Å². The second kappa shape index (κ2) is 8.74. The largest absolute Gasteiger partial charge is 0.416 e. The molecule has 0 bridgehead atoms. The highest BCUT2D eigenvalue weighted by Gasteiger charge is 2.35. The van der Waals surface area contributed by atoms with Gasteiger partial charge < -0.3 is 14.3 Å². The molecule has 0 aromatic heterocycles. The average Bonchev–Trinajstić information content (AvgIpc) is 2.52. The van der Waals surface area contributed by atoms with Crippen LogP contribution >= 0.6 is 0 Å². The zero-order valence-corrected chi connectivity index (χ0v) is 13.2. The lowest BCUT2D eigenvalue weighted by molar-refractivity contribution is -0.495. The fraction of sp³-hybridized carbons (Fsp3) is 0.533. The first kappa shape index (κ1) is 20.0. The van der Waals surface area contributed by atoms with Crippen molar-refractivity contribution in [2.45, 2.75) is 18.9 Å². The maximum absolute atomic E-state index is 12.8. The Bertz CT molecular complexity index is 560. The summed E-state index contributed by atoms with van der Waals surface area (Å²) in [4.78, 5) is 21.6. The number of nitro groups is 1. The Hall–Kier alpha value is -2.00. The van der Waals surface area contributed by atoms with Gasteiger partial charge in [0, 0.05) is 25.1 Å². The number of nitrogens with zero attached hydrogens (tertiary/aromatic N) is 1. The molecule has 1 aromatic rings. The van der Waals surface area contributed by atoms with Crippen molar-refractivity contribution in [2.24, 2.45) is 11.8 Å². The van der Waals surface area contributed by atoms with Gasteiger partial charge in [-0.1, -0.05) is 18.2 Å². The molecule has 0 saturated heterocycles. The third-order valence-corrected chi connectivity index (χ3v) is 3.62. The molecular weight excluding hydrogens is 331 g/mol. The summed E-state index contributed by atoms with van der Waals surface area (Å²) in [6.45, 7) is -0.602. The van der Waals surface area contributed by atoms with Crippen LogP contribution in [0, 0.1) is 22.0 Å². The highest BCUT2D eigenvalue weighted by molar-refractivity contribution is 5.55. The zero-order valence-electron chi connectivity index (χ0n) is 13.2. The topological polar surface area (TPSA) is 78.7 Å². The van der Waals surface area contributed by atoms with Crippen LogP contribution in [0.1, 0.15) is 11.1 Å². The molecule has 0 aliphatic rings. The summed E-state index contributed by atoms with van der Waals surface area (Å²) in [6, 6.07) is 4.51. The van der Waals surface area contributed by atoms with Crippen LogP contribution in [0.15, 0.2) is 24.3 Å². The van der Waals surface area contributed by atoms with E-state index in [1.807, 2.05) is 0 Å². The van der Waals surface area contributed by atoms with E-state index in [9.17, 15) is 28.1 Å². The highest BCUT2D eigenvalue weighted by atomic mass is 19.4. The van der Waals surface area contributed by atoms with Gasteiger partial charge in [-0.05, 0) is 18.1 Å². The predicted octanol–water partition coefficient (Wildman–Crippen LogP) is 2.57. The lowest BCUT2D eigenvalue weighted by atomic mass is 9.86. The third kappa shape index (κ3) is 5.57. The predicted molar refractivity (Wildman–Crippen MR) is 77.9 cm³/mol. The Morgan fingerprint density at radius 1 is 1.29 bits per heavy atom. The van der Waals surface area contributed by atoms with Crippen LogP contribution in [0.3, 0.4) is 0 Å². The zero-order chi connectivity index (χ0) is 18.3. The maximum Gasteiger partial charge on any atom is 0.416 e. The van der Waals surface area contributed by atoms with Crippen LogP contribution in [-0.4, -0.2) is 38.3 Å². The molecule has 24 heavy (non-hydrogen) atoms. The van der Waals surface area contributed by atoms with Crippen LogP contribution in [0.25, 0.3) is 0 Å². The van der Waals surface area contributed by atoms with Gasteiger partial charge in [-0.15, -0.1) is 0 Å². The average molecular weight is 349 g/mol. The van der Waals surface area contributed by atoms with E-state index < -0.39 is 41.3 Å². The van der Waals surface area contributed by atoms with E-state index in [0.717, 1.165) is 12.1 Å². The number of hydrogen-bond donors (Lipinski definition) is 0. The number of aldehydes is 1. The van der Waals surface area contributed by atoms with Crippen molar-refractivity contribution in [2.75, 3.05) is 20.8 Å². The van der Waals surface area contributed by atoms with Gasteiger partial charge in [0.1, 0.15) is 6.29 Å². The van der Waals surface area contributed by atoms with Gasteiger partial charge in [0.25, 0.3) is 0 Å². The molecule has 0 heterocycles. The van der Waals surface area contributed by atoms with E-state index in [2.05, 4.69) is 0 Å². The molecule has 134 valence electrons. The Morgan fingerprint density at radius 3 is 2.38 bits per heavy atom. The van der Waals surface area contributed by atoms with Crippen molar-refractivity contribution in [1.82, 2.24) is 0 Å². The lowest BCUT2D eigenvalue weighted by Gasteiger charge is -2.26. The quantitative estimate of drug-likeness (QED) is 0.296. The molecule has 0 saturated carbocycles. The van der Waals surface area contributed by atoms with Crippen molar-refractivity contribution < 1.29 is 32.4 Å². The molecule has 0 spiro atoms. The van der Waals surface area contributed by atoms with Gasteiger partial charge >= 0.3 is 6.18 Å². The number of hydrogen-bond acceptors (Lipinski definition) is 5. The van der Waals surface area contributed by atoms with E-state index in [0.29, 0.717) is 6.29 Å². The second-order valence-corrected chi connectivity index (χ2v) is 5.22. The number of methoxy groups -OCH3 is 2. The Morgan fingerprint density at radius 2 is 1.92 bits per heavy atom. The van der Waals surface area contributed by atoms with E-state index >= 15 is 0 Å². The Balaban J connectivity index is 3.06. The first-order valence-electron chi connectivity index (χ1n) is 7.01. The third-order valence-electron chi connectivity index (χ3n) is 3.62. The molecule has 0 amide bonds. The molecule has 0 aliphatic carbocycles. The number of benzene rings is 1. The molecule has 0 radical (unpaired) electrons.